The van der Waals surface area contributed by atoms with Crippen LogP contribution in [0, 0.1) is 5.92 Å². The van der Waals surface area contributed by atoms with Gasteiger partial charge in [0, 0.05) is 12.6 Å². The number of ether oxygens (including phenoxy) is 1. The van der Waals surface area contributed by atoms with E-state index in [0.29, 0.717) is 4.99 Å². The normalized spacial score (nSPS) is 25.6. The Bertz CT molecular complexity index is 532. The van der Waals surface area contributed by atoms with E-state index < -0.39 is 0 Å². The lowest BCUT2D eigenvalue weighted by atomic mass is 9.91. The number of hydrogen-bond acceptors (Lipinski definition) is 3. The monoisotopic (exact) mass is 304 g/mol. The molecule has 0 spiro atoms. The van der Waals surface area contributed by atoms with Crippen LogP contribution in [-0.4, -0.2) is 29.6 Å². The molecular weight excluding hydrogens is 280 g/mol. The highest BCUT2D eigenvalue weighted by atomic mass is 32.1. The maximum absolute atomic E-state index is 5.74. The molecule has 3 rings (SSSR count). The third-order valence-electron chi connectivity index (χ3n) is 5.03. The van der Waals surface area contributed by atoms with Crippen LogP contribution >= 0.6 is 12.2 Å². The summed E-state index contributed by atoms with van der Waals surface area (Å²) in [5.41, 5.74) is 7.85. The van der Waals surface area contributed by atoms with Crippen LogP contribution in [-0.2, 0) is 6.54 Å². The molecule has 21 heavy (non-hydrogen) atoms. The molecule has 0 amide bonds. The Kier molecular flexibility index (Phi) is 4.45. The van der Waals surface area contributed by atoms with E-state index >= 15 is 0 Å². The average Bonchev–Trinajstić information content (AvgIpc) is 2.96. The van der Waals surface area contributed by atoms with Gasteiger partial charge >= 0.3 is 0 Å². The molecule has 1 heterocycles. The summed E-state index contributed by atoms with van der Waals surface area (Å²) < 4.78 is 5.44. The molecule has 2 fully saturated rings. The van der Waals surface area contributed by atoms with Gasteiger partial charge in [-0.1, -0.05) is 24.7 Å². The van der Waals surface area contributed by atoms with E-state index in [1.165, 1.54) is 44.2 Å². The average molecular weight is 304 g/mol. The molecule has 1 saturated heterocycles. The van der Waals surface area contributed by atoms with Gasteiger partial charge in [-0.25, -0.2) is 0 Å². The van der Waals surface area contributed by atoms with Crippen LogP contribution < -0.4 is 10.5 Å². The first kappa shape index (κ1) is 14.8. The van der Waals surface area contributed by atoms with Gasteiger partial charge in [0.1, 0.15) is 10.7 Å². The smallest absolute Gasteiger partial charge is 0.129 e. The van der Waals surface area contributed by atoms with Gasteiger partial charge < -0.3 is 10.5 Å². The van der Waals surface area contributed by atoms with Crippen molar-refractivity contribution < 1.29 is 4.74 Å². The number of methoxy groups -OCH3 is 1. The minimum atomic E-state index is 0.396. The van der Waals surface area contributed by atoms with Crippen molar-refractivity contribution in [2.75, 3.05) is 13.7 Å². The van der Waals surface area contributed by atoms with Gasteiger partial charge in [0.2, 0.25) is 0 Å². The maximum atomic E-state index is 5.74. The van der Waals surface area contributed by atoms with Gasteiger partial charge in [-0.2, -0.15) is 0 Å². The van der Waals surface area contributed by atoms with E-state index in [-0.39, 0.29) is 0 Å². The van der Waals surface area contributed by atoms with Crippen molar-refractivity contribution in [2.45, 2.75) is 44.7 Å². The Balaban J connectivity index is 1.76. The van der Waals surface area contributed by atoms with Crippen LogP contribution in [0.4, 0.5) is 0 Å². The largest absolute Gasteiger partial charge is 0.496 e. The van der Waals surface area contributed by atoms with E-state index in [1.807, 2.05) is 6.07 Å². The lowest BCUT2D eigenvalue weighted by molar-refractivity contribution is 0.106. The Morgan fingerprint density at radius 2 is 2.14 bits per heavy atom. The van der Waals surface area contributed by atoms with Crippen LogP contribution in [0.25, 0.3) is 0 Å². The molecule has 1 aliphatic heterocycles. The van der Waals surface area contributed by atoms with Gasteiger partial charge in [-0.3, -0.25) is 4.90 Å². The van der Waals surface area contributed by atoms with Gasteiger partial charge in [0.15, 0.2) is 0 Å². The van der Waals surface area contributed by atoms with Crippen molar-refractivity contribution in [2.24, 2.45) is 11.7 Å². The predicted octanol–water partition coefficient (Wildman–Crippen LogP) is 3.09. The summed E-state index contributed by atoms with van der Waals surface area (Å²) in [6, 6.07) is 7.01. The van der Waals surface area contributed by atoms with E-state index in [9.17, 15) is 0 Å². The van der Waals surface area contributed by atoms with E-state index in [4.69, 9.17) is 22.7 Å². The van der Waals surface area contributed by atoms with Crippen LogP contribution in [0.3, 0.4) is 0 Å². The van der Waals surface area contributed by atoms with Gasteiger partial charge in [-0.05, 0) is 55.8 Å². The Morgan fingerprint density at radius 3 is 2.90 bits per heavy atom. The topological polar surface area (TPSA) is 38.5 Å². The Hall–Kier alpha value is -1.13. The lowest BCUT2D eigenvalue weighted by Gasteiger charge is -2.37. The van der Waals surface area contributed by atoms with Gasteiger partial charge in [-0.15, -0.1) is 0 Å². The van der Waals surface area contributed by atoms with Crippen LogP contribution in [0.1, 0.15) is 43.2 Å². The highest BCUT2D eigenvalue weighted by Gasteiger charge is 2.34. The first-order chi connectivity index (χ1) is 10.2. The van der Waals surface area contributed by atoms with Crippen LogP contribution in [0.15, 0.2) is 18.2 Å². The highest BCUT2D eigenvalue weighted by molar-refractivity contribution is 7.80. The molecule has 1 aromatic carbocycles. The third-order valence-corrected chi connectivity index (χ3v) is 5.25. The van der Waals surface area contributed by atoms with E-state index in [0.717, 1.165) is 29.8 Å². The Morgan fingerprint density at radius 1 is 1.33 bits per heavy atom. The molecule has 114 valence electrons. The van der Waals surface area contributed by atoms with Crippen molar-refractivity contribution >= 4 is 17.2 Å². The van der Waals surface area contributed by atoms with Crippen LogP contribution in [0.2, 0.25) is 0 Å². The fourth-order valence-corrected chi connectivity index (χ4v) is 4.19. The molecule has 1 saturated carbocycles. The Labute approximate surface area is 132 Å². The quantitative estimate of drug-likeness (QED) is 0.868. The summed E-state index contributed by atoms with van der Waals surface area (Å²) in [7, 11) is 1.68. The second kappa shape index (κ2) is 6.32. The number of hydrogen-bond donors (Lipinski definition) is 1. The van der Waals surface area contributed by atoms with Gasteiger partial charge in [0.25, 0.3) is 0 Å². The number of likely N-dealkylation sites (tertiary alicyclic amines) is 1. The van der Waals surface area contributed by atoms with Crippen molar-refractivity contribution in [3.8, 4) is 5.75 Å². The minimum Gasteiger partial charge on any atom is -0.496 e. The molecule has 3 nitrogen and oxygen atoms in total. The van der Waals surface area contributed by atoms with Crippen molar-refractivity contribution in [3.05, 3.63) is 29.3 Å². The molecule has 1 aliphatic carbocycles. The molecule has 4 heteroatoms. The maximum Gasteiger partial charge on any atom is 0.129 e. The number of fused-ring (bicyclic) bond motifs is 1. The summed E-state index contributed by atoms with van der Waals surface area (Å²) in [6.07, 6.45) is 6.95. The number of benzene rings is 1. The van der Waals surface area contributed by atoms with Crippen molar-refractivity contribution in [1.29, 1.82) is 0 Å². The molecule has 1 aromatic rings. The number of thiocarbonyl (C=S) groups is 1. The zero-order valence-corrected chi connectivity index (χ0v) is 13.5. The third kappa shape index (κ3) is 3.06. The fourth-order valence-electron chi connectivity index (χ4n) is 4.03. The summed E-state index contributed by atoms with van der Waals surface area (Å²) in [5.74, 6) is 1.72. The standard InChI is InChI=1S/C17H24N2OS/c1-20-16-10-12(7-8-14(16)17(18)21)11-19-9-3-5-13-4-2-6-15(13)19/h7-8,10,13,15H,2-6,9,11H2,1H3,(H2,18,21). The number of rotatable bonds is 4. The number of nitrogens with zero attached hydrogens (tertiary/aromatic N) is 1. The number of nitrogens with two attached hydrogens (primary N) is 1. The molecule has 2 atom stereocenters. The summed E-state index contributed by atoms with van der Waals surface area (Å²) in [4.78, 5) is 3.06. The van der Waals surface area contributed by atoms with Gasteiger partial charge in [0.05, 0.1) is 12.7 Å². The fraction of sp³-hybridized carbons (Fsp3) is 0.588. The van der Waals surface area contributed by atoms with Crippen molar-refractivity contribution in [3.63, 3.8) is 0 Å². The lowest BCUT2D eigenvalue weighted by Crippen LogP contribution is -2.41. The van der Waals surface area contributed by atoms with E-state index in [1.54, 1.807) is 7.11 Å². The summed E-state index contributed by atoms with van der Waals surface area (Å²) in [5, 5.41) is 0. The molecule has 2 aliphatic rings. The summed E-state index contributed by atoms with van der Waals surface area (Å²) in [6.45, 7) is 2.23. The molecule has 0 bridgehead atoms. The predicted molar refractivity (Wildman–Crippen MR) is 89.7 cm³/mol. The molecule has 0 radical (unpaired) electrons. The molecule has 2 unspecified atom stereocenters. The number of piperidine rings is 1. The van der Waals surface area contributed by atoms with Crippen LogP contribution in [0.5, 0.6) is 5.75 Å². The molecule has 0 aromatic heterocycles. The van der Waals surface area contributed by atoms with Crippen molar-refractivity contribution in [1.82, 2.24) is 4.90 Å². The molecule has 2 N–H and O–H groups in total. The highest BCUT2D eigenvalue weighted by Crippen LogP contribution is 2.37. The molecular formula is C17H24N2OS. The second-order valence-electron chi connectivity index (χ2n) is 6.27. The first-order valence-electron chi connectivity index (χ1n) is 7.90. The second-order valence-corrected chi connectivity index (χ2v) is 6.71. The minimum absolute atomic E-state index is 0.396. The summed E-state index contributed by atoms with van der Waals surface area (Å²) >= 11 is 5.07. The van der Waals surface area contributed by atoms with E-state index in [2.05, 4.69) is 17.0 Å². The zero-order valence-electron chi connectivity index (χ0n) is 12.7. The zero-order chi connectivity index (χ0) is 14.8. The SMILES string of the molecule is COc1cc(CN2CCCC3CCCC32)ccc1C(N)=S. The first-order valence-corrected chi connectivity index (χ1v) is 8.30.